The first-order valence-corrected chi connectivity index (χ1v) is 5.66. The van der Waals surface area contributed by atoms with Gasteiger partial charge in [-0.15, -0.1) is 0 Å². The van der Waals surface area contributed by atoms with Crippen molar-refractivity contribution in [3.63, 3.8) is 0 Å². The summed E-state index contributed by atoms with van der Waals surface area (Å²) < 4.78 is 0.675. The molecule has 0 heterocycles. The quantitative estimate of drug-likeness (QED) is 0.815. The highest BCUT2D eigenvalue weighted by molar-refractivity contribution is 14.1. The number of nitriles is 1. The number of rotatable bonds is 2. The Kier molecular flexibility index (Phi) is 3.75. The highest BCUT2D eigenvalue weighted by Crippen LogP contribution is 2.20. The zero-order valence-electron chi connectivity index (χ0n) is 8.91. The summed E-state index contributed by atoms with van der Waals surface area (Å²) in [6.07, 6.45) is 0. The molecule has 2 N–H and O–H groups in total. The monoisotopic (exact) mass is 330 g/mol. The molecule has 0 aromatic heterocycles. The van der Waals surface area contributed by atoms with Crippen LogP contribution in [0.1, 0.15) is 24.2 Å². The molecule has 5 heteroatoms. The minimum atomic E-state index is -0.921. The van der Waals surface area contributed by atoms with Crippen LogP contribution in [0.5, 0.6) is 5.75 Å². The van der Waals surface area contributed by atoms with Gasteiger partial charge in [0.05, 0.1) is 9.64 Å². The molecule has 1 rings (SSSR count). The van der Waals surface area contributed by atoms with Gasteiger partial charge in [-0.3, -0.25) is 4.79 Å². The first-order chi connectivity index (χ1) is 7.35. The number of halogens is 1. The van der Waals surface area contributed by atoms with Gasteiger partial charge in [-0.05, 0) is 54.6 Å². The predicted molar refractivity (Wildman–Crippen MR) is 68.0 cm³/mol. The Balaban J connectivity index is 2.91. The smallest absolute Gasteiger partial charge is 0.252 e. The zero-order chi connectivity index (χ0) is 12.3. The SMILES string of the molecule is CC(C)(C#N)NC(=O)c1ccc(I)c(O)c1. The predicted octanol–water partition coefficient (Wildman–Crippen LogP) is 2.03. The van der Waals surface area contributed by atoms with Crippen molar-refractivity contribution in [1.29, 1.82) is 5.26 Å². The van der Waals surface area contributed by atoms with Gasteiger partial charge < -0.3 is 10.4 Å². The van der Waals surface area contributed by atoms with Crippen LogP contribution in [0.4, 0.5) is 0 Å². The molecule has 0 bridgehead atoms. The fraction of sp³-hybridized carbons (Fsp3) is 0.273. The van der Waals surface area contributed by atoms with Crippen LogP contribution in [0.3, 0.4) is 0 Å². The number of phenolic OH excluding ortho intramolecular Hbond substituents is 1. The zero-order valence-corrected chi connectivity index (χ0v) is 11.1. The van der Waals surface area contributed by atoms with Crippen LogP contribution in [-0.4, -0.2) is 16.6 Å². The highest BCUT2D eigenvalue weighted by atomic mass is 127. The van der Waals surface area contributed by atoms with Crippen LogP contribution >= 0.6 is 22.6 Å². The molecule has 0 saturated carbocycles. The molecule has 0 radical (unpaired) electrons. The van der Waals surface area contributed by atoms with Crippen molar-refractivity contribution in [2.45, 2.75) is 19.4 Å². The summed E-state index contributed by atoms with van der Waals surface area (Å²) in [5, 5.41) is 20.8. The summed E-state index contributed by atoms with van der Waals surface area (Å²) in [5.41, 5.74) is -0.586. The average molecular weight is 330 g/mol. The molecule has 0 atom stereocenters. The molecular weight excluding hydrogens is 319 g/mol. The maximum Gasteiger partial charge on any atom is 0.252 e. The Bertz CT molecular complexity index is 464. The number of hydrogen-bond donors (Lipinski definition) is 2. The first-order valence-electron chi connectivity index (χ1n) is 4.58. The van der Waals surface area contributed by atoms with Gasteiger partial charge in [0.15, 0.2) is 0 Å². The fourth-order valence-electron chi connectivity index (χ4n) is 1.04. The molecule has 0 aliphatic heterocycles. The van der Waals surface area contributed by atoms with Gasteiger partial charge in [0.2, 0.25) is 0 Å². The molecule has 0 fully saturated rings. The number of amides is 1. The van der Waals surface area contributed by atoms with Crippen molar-refractivity contribution in [2.75, 3.05) is 0 Å². The van der Waals surface area contributed by atoms with E-state index in [0.29, 0.717) is 9.13 Å². The Morgan fingerprint density at radius 2 is 2.19 bits per heavy atom. The standard InChI is InChI=1S/C11H11IN2O2/c1-11(2,6-13)14-10(16)7-3-4-8(12)9(15)5-7/h3-5,15H,1-2H3,(H,14,16). The molecule has 0 aliphatic rings. The van der Waals surface area contributed by atoms with Crippen LogP contribution < -0.4 is 5.32 Å². The Labute approximate surface area is 107 Å². The Hall–Kier alpha value is -1.29. The second kappa shape index (κ2) is 4.70. The molecule has 1 aromatic rings. The lowest BCUT2D eigenvalue weighted by atomic mass is 10.1. The number of carbonyl (C=O) groups excluding carboxylic acids is 1. The molecule has 84 valence electrons. The molecule has 16 heavy (non-hydrogen) atoms. The van der Waals surface area contributed by atoms with E-state index < -0.39 is 5.54 Å². The molecule has 1 amide bonds. The Morgan fingerprint density at radius 1 is 1.56 bits per heavy atom. The van der Waals surface area contributed by atoms with Crippen molar-refractivity contribution in [3.8, 4) is 11.8 Å². The number of carbonyl (C=O) groups is 1. The third-order valence-corrected chi connectivity index (χ3v) is 2.83. The van der Waals surface area contributed by atoms with E-state index in [9.17, 15) is 9.90 Å². The summed E-state index contributed by atoms with van der Waals surface area (Å²) >= 11 is 1.97. The number of hydrogen-bond acceptors (Lipinski definition) is 3. The van der Waals surface area contributed by atoms with Gasteiger partial charge in [0, 0.05) is 5.56 Å². The van der Waals surface area contributed by atoms with Crippen LogP contribution in [0.2, 0.25) is 0 Å². The molecular formula is C11H11IN2O2. The van der Waals surface area contributed by atoms with E-state index in [0.717, 1.165) is 0 Å². The number of aromatic hydroxyl groups is 1. The van der Waals surface area contributed by atoms with E-state index in [2.05, 4.69) is 5.32 Å². The minimum Gasteiger partial charge on any atom is -0.507 e. The van der Waals surface area contributed by atoms with Crippen molar-refractivity contribution in [3.05, 3.63) is 27.3 Å². The van der Waals surface area contributed by atoms with Gasteiger partial charge in [-0.2, -0.15) is 5.26 Å². The van der Waals surface area contributed by atoms with Crippen molar-refractivity contribution in [2.24, 2.45) is 0 Å². The maximum atomic E-state index is 11.7. The van der Waals surface area contributed by atoms with Crippen molar-refractivity contribution in [1.82, 2.24) is 5.32 Å². The first kappa shape index (κ1) is 12.8. The van der Waals surface area contributed by atoms with E-state index in [1.807, 2.05) is 28.7 Å². The lowest BCUT2D eigenvalue weighted by molar-refractivity contribution is 0.0929. The Morgan fingerprint density at radius 3 is 2.69 bits per heavy atom. The lowest BCUT2D eigenvalue weighted by Gasteiger charge is -2.17. The molecule has 0 aliphatic carbocycles. The number of nitrogens with zero attached hydrogens (tertiary/aromatic N) is 1. The third kappa shape index (κ3) is 3.10. The van der Waals surface area contributed by atoms with Gasteiger partial charge in [-0.1, -0.05) is 0 Å². The van der Waals surface area contributed by atoms with Gasteiger partial charge in [0.1, 0.15) is 11.3 Å². The van der Waals surface area contributed by atoms with Crippen LogP contribution in [-0.2, 0) is 0 Å². The molecule has 0 unspecified atom stereocenters. The maximum absolute atomic E-state index is 11.7. The summed E-state index contributed by atoms with van der Waals surface area (Å²) in [5.74, 6) is -0.318. The fourth-order valence-corrected chi connectivity index (χ4v) is 1.37. The van der Waals surface area contributed by atoms with Crippen molar-refractivity contribution >= 4 is 28.5 Å². The van der Waals surface area contributed by atoms with Gasteiger partial charge in [-0.25, -0.2) is 0 Å². The molecule has 0 saturated heterocycles. The van der Waals surface area contributed by atoms with E-state index in [4.69, 9.17) is 5.26 Å². The number of phenols is 1. The average Bonchev–Trinajstić information content (AvgIpc) is 2.21. The van der Waals surface area contributed by atoms with E-state index in [-0.39, 0.29) is 11.7 Å². The lowest BCUT2D eigenvalue weighted by Crippen LogP contribution is -2.42. The highest BCUT2D eigenvalue weighted by Gasteiger charge is 2.20. The van der Waals surface area contributed by atoms with Gasteiger partial charge >= 0.3 is 0 Å². The summed E-state index contributed by atoms with van der Waals surface area (Å²) in [6.45, 7) is 3.22. The van der Waals surface area contributed by atoms with E-state index in [1.165, 1.54) is 6.07 Å². The summed E-state index contributed by atoms with van der Waals surface area (Å²) in [4.78, 5) is 11.7. The topological polar surface area (TPSA) is 73.1 Å². The second-order valence-electron chi connectivity index (χ2n) is 3.86. The second-order valence-corrected chi connectivity index (χ2v) is 5.02. The van der Waals surface area contributed by atoms with Crippen molar-refractivity contribution < 1.29 is 9.90 Å². The van der Waals surface area contributed by atoms with Crippen LogP contribution in [0, 0.1) is 14.9 Å². The van der Waals surface area contributed by atoms with E-state index in [1.54, 1.807) is 26.0 Å². The largest absolute Gasteiger partial charge is 0.507 e. The normalized spacial score (nSPS) is 10.6. The third-order valence-electron chi connectivity index (χ3n) is 1.91. The summed E-state index contributed by atoms with van der Waals surface area (Å²) in [7, 11) is 0. The van der Waals surface area contributed by atoms with Crippen LogP contribution in [0.25, 0.3) is 0 Å². The van der Waals surface area contributed by atoms with Gasteiger partial charge in [0.25, 0.3) is 5.91 Å². The number of nitrogens with one attached hydrogen (secondary N) is 1. The van der Waals surface area contributed by atoms with Crippen LogP contribution in [0.15, 0.2) is 18.2 Å². The number of benzene rings is 1. The molecule has 4 nitrogen and oxygen atoms in total. The molecule has 1 aromatic carbocycles. The van der Waals surface area contributed by atoms with E-state index >= 15 is 0 Å². The molecule has 0 spiro atoms. The summed E-state index contributed by atoms with van der Waals surface area (Å²) in [6, 6.07) is 6.60. The minimum absolute atomic E-state index is 0.0583.